The van der Waals surface area contributed by atoms with Gasteiger partial charge in [-0.1, -0.05) is 152 Å². The first-order chi connectivity index (χ1) is 24.8. The van der Waals surface area contributed by atoms with Gasteiger partial charge in [0.1, 0.15) is 0 Å². The van der Waals surface area contributed by atoms with Crippen LogP contribution in [0.2, 0.25) is 0 Å². The second-order valence-corrected chi connectivity index (χ2v) is 12.7. The van der Waals surface area contributed by atoms with Gasteiger partial charge in [0.25, 0.3) is 0 Å². The molecule has 0 fully saturated rings. The van der Waals surface area contributed by atoms with Crippen LogP contribution in [0.25, 0.3) is 54.6 Å². The van der Waals surface area contributed by atoms with Gasteiger partial charge in [-0.2, -0.15) is 0 Å². The zero-order valence-corrected chi connectivity index (χ0v) is 27.5. The summed E-state index contributed by atoms with van der Waals surface area (Å²) in [4.78, 5) is 2.39. The summed E-state index contributed by atoms with van der Waals surface area (Å²) >= 11 is 0. The van der Waals surface area contributed by atoms with E-state index in [4.69, 9.17) is 0 Å². The zero-order chi connectivity index (χ0) is 33.3. The molecule has 2 nitrogen and oxygen atoms in total. The third kappa shape index (κ3) is 5.53. The summed E-state index contributed by atoms with van der Waals surface area (Å²) in [6, 6.07) is 71.8. The highest BCUT2D eigenvalue weighted by Gasteiger charge is 2.18. The molecule has 0 atom stereocenters. The van der Waals surface area contributed by atoms with Crippen molar-refractivity contribution in [2.24, 2.45) is 0 Å². The molecule has 9 aromatic carbocycles. The third-order valence-corrected chi connectivity index (χ3v) is 9.63. The lowest BCUT2D eigenvalue weighted by Gasteiger charge is -2.28. The first-order valence-electron chi connectivity index (χ1n) is 17.1. The van der Waals surface area contributed by atoms with Crippen molar-refractivity contribution < 1.29 is 0 Å². The quantitative estimate of drug-likeness (QED) is 0.175. The summed E-state index contributed by atoms with van der Waals surface area (Å²) in [7, 11) is 0. The predicted molar refractivity (Wildman–Crippen MR) is 214 cm³/mol. The van der Waals surface area contributed by atoms with E-state index in [2.05, 4.69) is 210 Å². The smallest absolute Gasteiger partial charge is 0.0546 e. The lowest BCUT2D eigenvalue weighted by Crippen LogP contribution is -2.10. The number of nitrogens with zero attached hydrogens (tertiary/aromatic N) is 1. The third-order valence-electron chi connectivity index (χ3n) is 9.63. The average molecular weight is 639 g/mol. The van der Waals surface area contributed by atoms with Crippen LogP contribution < -0.4 is 10.2 Å². The molecule has 0 amide bonds. The van der Waals surface area contributed by atoms with E-state index in [1.165, 1.54) is 54.6 Å². The van der Waals surface area contributed by atoms with Crippen LogP contribution in [0.15, 0.2) is 200 Å². The van der Waals surface area contributed by atoms with Crippen LogP contribution in [0.5, 0.6) is 0 Å². The molecule has 0 saturated heterocycles. The highest BCUT2D eigenvalue weighted by molar-refractivity contribution is 6.14. The maximum Gasteiger partial charge on any atom is 0.0546 e. The van der Waals surface area contributed by atoms with Crippen LogP contribution >= 0.6 is 0 Å². The van der Waals surface area contributed by atoms with E-state index in [1.54, 1.807) is 0 Å². The number of anilines is 5. The molecule has 0 aromatic heterocycles. The molecule has 0 aliphatic heterocycles. The Balaban J connectivity index is 1.09. The minimum atomic E-state index is 1.06. The molecule has 0 bridgehead atoms. The molecule has 0 unspecified atom stereocenters. The molecule has 0 aliphatic rings. The Hall–Kier alpha value is -6.64. The van der Waals surface area contributed by atoms with Crippen LogP contribution in [0.4, 0.5) is 28.4 Å². The largest absolute Gasteiger partial charge is 0.355 e. The van der Waals surface area contributed by atoms with Gasteiger partial charge in [0.15, 0.2) is 0 Å². The fourth-order valence-corrected chi connectivity index (χ4v) is 7.12. The Kier molecular flexibility index (Phi) is 7.53. The maximum absolute atomic E-state index is 3.62. The van der Waals surface area contributed by atoms with Crippen molar-refractivity contribution in [2.75, 3.05) is 10.2 Å². The summed E-state index contributed by atoms with van der Waals surface area (Å²) in [5.41, 5.74) is 10.3. The lowest BCUT2D eigenvalue weighted by molar-refractivity contribution is 1.30. The van der Waals surface area contributed by atoms with Crippen LogP contribution in [0, 0.1) is 0 Å². The number of rotatable bonds is 7. The minimum Gasteiger partial charge on any atom is -0.355 e. The number of hydrogen-bond acceptors (Lipinski definition) is 2. The van der Waals surface area contributed by atoms with Gasteiger partial charge < -0.3 is 10.2 Å². The number of hydrogen-bond donors (Lipinski definition) is 1. The van der Waals surface area contributed by atoms with E-state index < -0.39 is 0 Å². The van der Waals surface area contributed by atoms with Gasteiger partial charge in [-0.25, -0.2) is 0 Å². The van der Waals surface area contributed by atoms with Crippen LogP contribution in [-0.2, 0) is 0 Å². The molecule has 0 heterocycles. The SMILES string of the molecule is c1ccc(-c2ccc(N(c3ccc(-c4ccc(Nc5cccc6ccccc56)cc4)cc3)c3cc4ccccc4c4ccccc34)cc2)cc1. The molecule has 0 aliphatic carbocycles. The predicted octanol–water partition coefficient (Wildman–Crippen LogP) is 13.7. The monoisotopic (exact) mass is 638 g/mol. The van der Waals surface area contributed by atoms with Gasteiger partial charge in [-0.05, 0) is 92.3 Å². The van der Waals surface area contributed by atoms with E-state index in [0.29, 0.717) is 0 Å². The van der Waals surface area contributed by atoms with Crippen molar-refractivity contribution >= 4 is 60.8 Å². The van der Waals surface area contributed by atoms with E-state index >= 15 is 0 Å². The van der Waals surface area contributed by atoms with Crippen molar-refractivity contribution in [2.45, 2.75) is 0 Å². The minimum absolute atomic E-state index is 1.06. The van der Waals surface area contributed by atoms with Crippen LogP contribution in [-0.4, -0.2) is 0 Å². The van der Waals surface area contributed by atoms with Crippen LogP contribution in [0.3, 0.4) is 0 Å². The van der Waals surface area contributed by atoms with E-state index in [1.807, 2.05) is 0 Å². The molecule has 0 saturated carbocycles. The summed E-state index contributed by atoms with van der Waals surface area (Å²) in [5.74, 6) is 0. The first kappa shape index (κ1) is 29.5. The summed E-state index contributed by atoms with van der Waals surface area (Å²) in [6.45, 7) is 0. The number of benzene rings is 9. The fraction of sp³-hybridized carbons (Fsp3) is 0. The summed E-state index contributed by atoms with van der Waals surface area (Å²) in [5, 5.41) is 11.0. The summed E-state index contributed by atoms with van der Waals surface area (Å²) < 4.78 is 0. The highest BCUT2D eigenvalue weighted by atomic mass is 15.1. The molecule has 9 rings (SSSR count). The van der Waals surface area contributed by atoms with Crippen LogP contribution in [0.1, 0.15) is 0 Å². The van der Waals surface area contributed by atoms with Gasteiger partial charge >= 0.3 is 0 Å². The van der Waals surface area contributed by atoms with Crippen molar-refractivity contribution in [1.29, 1.82) is 0 Å². The van der Waals surface area contributed by atoms with Crippen molar-refractivity contribution in [3.8, 4) is 22.3 Å². The molecular weight excluding hydrogens is 605 g/mol. The lowest BCUT2D eigenvalue weighted by atomic mass is 9.98. The van der Waals surface area contributed by atoms with E-state index in [-0.39, 0.29) is 0 Å². The molecule has 0 radical (unpaired) electrons. The molecule has 9 aromatic rings. The average Bonchev–Trinajstić information content (AvgIpc) is 3.19. The Bertz CT molecular complexity index is 2580. The number of fused-ring (bicyclic) bond motifs is 4. The van der Waals surface area contributed by atoms with Gasteiger partial charge in [-0.3, -0.25) is 0 Å². The fourth-order valence-electron chi connectivity index (χ4n) is 7.12. The molecule has 236 valence electrons. The van der Waals surface area contributed by atoms with Gasteiger partial charge in [0.05, 0.1) is 5.69 Å². The maximum atomic E-state index is 3.62. The highest BCUT2D eigenvalue weighted by Crippen LogP contribution is 2.43. The molecular formula is C48H34N2. The van der Waals surface area contributed by atoms with E-state index in [0.717, 1.165) is 28.4 Å². The standard InChI is InChI=1S/C48H34N2/c1-2-11-34(12-3-1)36-23-29-41(30-24-36)50(48-33-39-14-5-6-16-43(39)45-18-8-9-19-46(45)48)42-31-25-37(26-32-42)35-21-27-40(28-22-35)49-47-20-10-15-38-13-4-7-17-44(38)47/h1-33,49H. The Morgan fingerprint density at radius 2 is 0.800 bits per heavy atom. The zero-order valence-electron chi connectivity index (χ0n) is 27.5. The topological polar surface area (TPSA) is 15.3 Å². The molecule has 1 N–H and O–H groups in total. The Labute approximate surface area is 292 Å². The van der Waals surface area contributed by atoms with Gasteiger partial charge in [0.2, 0.25) is 0 Å². The Morgan fingerprint density at radius 3 is 1.46 bits per heavy atom. The van der Waals surface area contributed by atoms with Gasteiger partial charge in [0, 0.05) is 33.5 Å². The van der Waals surface area contributed by atoms with Gasteiger partial charge in [-0.15, -0.1) is 0 Å². The molecule has 2 heteroatoms. The van der Waals surface area contributed by atoms with E-state index in [9.17, 15) is 0 Å². The van der Waals surface area contributed by atoms with Crippen molar-refractivity contribution in [3.05, 3.63) is 200 Å². The molecule has 0 spiro atoms. The van der Waals surface area contributed by atoms with Crippen molar-refractivity contribution in [3.63, 3.8) is 0 Å². The Morgan fingerprint density at radius 1 is 0.320 bits per heavy atom. The normalized spacial score (nSPS) is 11.2. The number of nitrogens with one attached hydrogen (secondary N) is 1. The first-order valence-corrected chi connectivity index (χ1v) is 17.1. The van der Waals surface area contributed by atoms with Crippen molar-refractivity contribution in [1.82, 2.24) is 0 Å². The second-order valence-electron chi connectivity index (χ2n) is 12.7. The summed E-state index contributed by atoms with van der Waals surface area (Å²) in [6.07, 6.45) is 0. The second kappa shape index (κ2) is 12.8. The molecule has 50 heavy (non-hydrogen) atoms.